The van der Waals surface area contributed by atoms with E-state index in [1.807, 2.05) is 30.3 Å². The summed E-state index contributed by atoms with van der Waals surface area (Å²) >= 11 is 0. The van der Waals surface area contributed by atoms with E-state index in [4.69, 9.17) is 5.11 Å². The Morgan fingerprint density at radius 2 is 1.33 bits per heavy atom. The van der Waals surface area contributed by atoms with E-state index in [1.165, 1.54) is 0 Å². The lowest BCUT2D eigenvalue weighted by Crippen LogP contribution is -2.34. The Labute approximate surface area is 152 Å². The van der Waals surface area contributed by atoms with Gasteiger partial charge in [0, 0.05) is 5.56 Å². The van der Waals surface area contributed by atoms with Crippen molar-refractivity contribution >= 4 is 17.1 Å². The second-order valence-corrected chi connectivity index (χ2v) is 5.87. The van der Waals surface area contributed by atoms with E-state index in [0.717, 1.165) is 5.56 Å². The Bertz CT molecular complexity index is 814. The van der Waals surface area contributed by atoms with Gasteiger partial charge in [-0.25, -0.2) is 5.21 Å². The minimum Gasteiger partial charge on any atom is -0.497 e. The van der Waals surface area contributed by atoms with Crippen LogP contribution in [-0.2, 0) is 6.54 Å². The largest absolute Gasteiger partial charge is 0.497 e. The molecule has 0 radical (unpaired) electrons. The molecule has 0 aliphatic heterocycles. The molecule has 0 aliphatic rings. The average Bonchev–Trinajstić information content (AvgIpc) is 2.54. The molecule has 0 atom stereocenters. The smallest absolute Gasteiger partial charge is 0.324 e. The molecule has 2 rings (SSSR count). The normalized spacial score (nSPS) is 10.5. The van der Waals surface area contributed by atoms with Gasteiger partial charge in [0.2, 0.25) is 0 Å². The number of benzene rings is 2. The highest BCUT2D eigenvalue weighted by Gasteiger charge is 2.30. The van der Waals surface area contributed by atoms with Crippen molar-refractivity contribution in [3.63, 3.8) is 0 Å². The van der Waals surface area contributed by atoms with Crippen molar-refractivity contribution in [3.8, 4) is 5.75 Å². The van der Waals surface area contributed by atoms with Crippen molar-refractivity contribution in [2.45, 2.75) is 6.54 Å². The molecule has 0 aromatic heterocycles. The summed E-state index contributed by atoms with van der Waals surface area (Å²) in [7, 11) is 3.51. The number of hydrogen-bond acceptors (Lipinski definition) is 8. The number of aromatic hydroxyl groups is 1. The van der Waals surface area contributed by atoms with Gasteiger partial charge >= 0.3 is 11.4 Å². The van der Waals surface area contributed by atoms with Crippen molar-refractivity contribution in [2.75, 3.05) is 14.1 Å². The van der Waals surface area contributed by atoms with Crippen LogP contribution in [0.2, 0.25) is 0 Å². The van der Waals surface area contributed by atoms with Crippen molar-refractivity contribution in [1.82, 2.24) is 0 Å². The van der Waals surface area contributed by atoms with E-state index in [2.05, 4.69) is 0 Å². The second kappa shape index (κ2) is 8.64. The van der Waals surface area contributed by atoms with Gasteiger partial charge in [-0.2, -0.15) is 4.65 Å². The summed E-state index contributed by atoms with van der Waals surface area (Å²) in [6.45, 7) is 0.654. The zero-order valence-corrected chi connectivity index (χ0v) is 14.4. The summed E-state index contributed by atoms with van der Waals surface area (Å²) in [6.07, 6.45) is 0. The van der Waals surface area contributed by atoms with Crippen molar-refractivity contribution < 1.29 is 29.7 Å². The van der Waals surface area contributed by atoms with Crippen LogP contribution in [0.1, 0.15) is 5.56 Å². The van der Waals surface area contributed by atoms with Crippen LogP contribution in [0.5, 0.6) is 5.75 Å². The molecule has 2 N–H and O–H groups in total. The van der Waals surface area contributed by atoms with Crippen molar-refractivity contribution in [1.29, 1.82) is 0 Å². The van der Waals surface area contributed by atoms with Gasteiger partial charge in [0.05, 0.1) is 41.0 Å². The zero-order chi connectivity index (χ0) is 20.8. The number of quaternary nitrogens is 1. The topological polar surface area (TPSA) is 170 Å². The lowest BCUT2D eigenvalue weighted by Gasteiger charge is -2.19. The first-order valence-electron chi connectivity index (χ1n) is 7.32. The number of hydrogen-bond donors (Lipinski definition) is 2. The van der Waals surface area contributed by atoms with E-state index in [1.54, 1.807) is 14.1 Å². The number of non-ortho nitro benzene ring substituents is 1. The van der Waals surface area contributed by atoms with Crippen LogP contribution in [0.3, 0.4) is 0 Å². The number of rotatable bonds is 5. The predicted molar refractivity (Wildman–Crippen MR) is 92.1 cm³/mol. The summed E-state index contributed by atoms with van der Waals surface area (Å²) < 4.78 is -0.00991. The second-order valence-electron chi connectivity index (χ2n) is 5.87. The van der Waals surface area contributed by atoms with Crippen LogP contribution in [0.15, 0.2) is 42.5 Å². The van der Waals surface area contributed by atoms with Crippen LogP contribution >= 0.6 is 0 Å². The summed E-state index contributed by atoms with van der Waals surface area (Å²) in [6, 6.07) is 10.8. The quantitative estimate of drug-likeness (QED) is 0.452. The molecular weight excluding hydrogens is 364 g/mol. The molecular formula is C15H17N4O8+. The SMILES string of the molecule is C[N+](C)(O)Cc1ccccc1.O=[N+]([O-])c1cc([N+](=O)[O-])c(O)c([N+](=O)[O-])c1. The fourth-order valence-electron chi connectivity index (χ4n) is 2.00. The number of phenolic OH excluding ortho intramolecular Hbond substituents is 1. The highest BCUT2D eigenvalue weighted by molar-refractivity contribution is 5.64. The Morgan fingerprint density at radius 3 is 1.67 bits per heavy atom. The number of nitrogens with zero attached hydrogens (tertiary/aromatic N) is 4. The molecule has 27 heavy (non-hydrogen) atoms. The minimum atomic E-state index is -1.21. The van der Waals surface area contributed by atoms with Crippen LogP contribution in [0.25, 0.3) is 0 Å². The van der Waals surface area contributed by atoms with Crippen LogP contribution in [-0.4, -0.2) is 43.8 Å². The fraction of sp³-hybridized carbons (Fsp3) is 0.200. The lowest BCUT2D eigenvalue weighted by molar-refractivity contribution is -1.08. The molecule has 12 heteroatoms. The molecule has 2 aromatic carbocycles. The molecule has 0 fully saturated rings. The summed E-state index contributed by atoms with van der Waals surface area (Å²) in [5.41, 5.74) is -1.85. The van der Waals surface area contributed by atoms with Crippen LogP contribution in [0, 0.1) is 30.3 Å². The molecule has 0 amide bonds. The number of phenols is 1. The first kappa shape index (κ1) is 21.4. The van der Waals surface area contributed by atoms with Gasteiger partial charge in [0.1, 0.15) is 6.54 Å². The van der Waals surface area contributed by atoms with Gasteiger partial charge in [-0.1, -0.05) is 30.3 Å². The maximum absolute atomic E-state index is 10.4. The lowest BCUT2D eigenvalue weighted by atomic mass is 10.2. The average molecular weight is 381 g/mol. The molecule has 12 nitrogen and oxygen atoms in total. The van der Waals surface area contributed by atoms with E-state index in [-0.39, 0.29) is 4.65 Å². The first-order valence-corrected chi connectivity index (χ1v) is 7.32. The molecule has 0 saturated heterocycles. The van der Waals surface area contributed by atoms with Crippen molar-refractivity contribution in [2.24, 2.45) is 0 Å². The molecule has 0 heterocycles. The minimum absolute atomic E-state index is 0.00991. The molecule has 0 unspecified atom stereocenters. The monoisotopic (exact) mass is 381 g/mol. The van der Waals surface area contributed by atoms with Gasteiger partial charge in [0.15, 0.2) is 0 Å². The highest BCUT2D eigenvalue weighted by Crippen LogP contribution is 2.38. The molecule has 0 bridgehead atoms. The molecule has 2 aromatic rings. The van der Waals surface area contributed by atoms with Crippen LogP contribution in [0.4, 0.5) is 17.1 Å². The maximum atomic E-state index is 10.4. The first-order chi connectivity index (χ1) is 12.4. The fourth-order valence-corrected chi connectivity index (χ4v) is 2.00. The summed E-state index contributed by atoms with van der Waals surface area (Å²) in [5, 5.41) is 49.6. The zero-order valence-electron chi connectivity index (χ0n) is 14.4. The Kier molecular flexibility index (Phi) is 6.85. The molecule has 144 valence electrons. The van der Waals surface area contributed by atoms with Gasteiger partial charge < -0.3 is 5.11 Å². The third-order valence-corrected chi connectivity index (χ3v) is 3.07. The van der Waals surface area contributed by atoms with E-state index < -0.39 is 37.6 Å². The van der Waals surface area contributed by atoms with Gasteiger partial charge in [-0.15, -0.1) is 0 Å². The van der Waals surface area contributed by atoms with E-state index in [9.17, 15) is 35.6 Å². The van der Waals surface area contributed by atoms with E-state index >= 15 is 0 Å². The van der Waals surface area contributed by atoms with Crippen LogP contribution < -0.4 is 0 Å². The van der Waals surface area contributed by atoms with Gasteiger partial charge in [0.25, 0.3) is 11.4 Å². The van der Waals surface area contributed by atoms with Gasteiger partial charge in [-0.3, -0.25) is 30.3 Å². The number of nitro benzene ring substituents is 3. The molecule has 0 saturated carbocycles. The number of hydroxylamine groups is 3. The van der Waals surface area contributed by atoms with Crippen molar-refractivity contribution in [3.05, 3.63) is 78.4 Å². The van der Waals surface area contributed by atoms with Gasteiger partial charge in [-0.05, 0) is 0 Å². The third-order valence-electron chi connectivity index (χ3n) is 3.07. The molecule has 0 aliphatic carbocycles. The Morgan fingerprint density at radius 1 is 0.889 bits per heavy atom. The Hall–Kier alpha value is -3.64. The third kappa shape index (κ3) is 6.64. The van der Waals surface area contributed by atoms with E-state index in [0.29, 0.717) is 18.7 Å². The summed E-state index contributed by atoms with van der Waals surface area (Å²) in [5.74, 6) is -1.21. The molecule has 0 spiro atoms. The number of nitro groups is 3. The Balaban J connectivity index is 0.000000289. The maximum Gasteiger partial charge on any atom is 0.324 e. The highest BCUT2D eigenvalue weighted by atomic mass is 16.6. The summed E-state index contributed by atoms with van der Waals surface area (Å²) in [4.78, 5) is 27.8. The predicted octanol–water partition coefficient (Wildman–Crippen LogP) is 2.77. The standard InChI is InChI=1S/C9H14NO.C6H3N3O7/c1-10(2,11)8-9-6-4-3-5-7-9;10-6-4(8(13)14)1-3(7(11)12)2-5(6)9(15)16/h3-7,11H,8H2,1-2H3;1-2,10H/q+1;.